The van der Waals surface area contributed by atoms with Crippen molar-refractivity contribution in [3.05, 3.63) is 83.7 Å². The zero-order valence-electron chi connectivity index (χ0n) is 15.5. The van der Waals surface area contributed by atoms with Crippen LogP contribution in [0.5, 0.6) is 0 Å². The molecule has 134 valence electrons. The molecule has 0 aliphatic rings. The summed E-state index contributed by atoms with van der Waals surface area (Å²) in [4.78, 5) is 16.5. The Morgan fingerprint density at radius 1 is 0.962 bits per heavy atom. The second-order valence-corrected chi connectivity index (χ2v) is 6.62. The molecule has 0 atom stereocenters. The highest BCUT2D eigenvalue weighted by atomic mass is 16.2. The van der Waals surface area contributed by atoms with Crippen LogP contribution >= 0.6 is 0 Å². The number of aromatic nitrogens is 2. The number of hydrogen-bond donors (Lipinski definition) is 0. The molecule has 3 rings (SSSR count). The summed E-state index contributed by atoms with van der Waals surface area (Å²) in [5.74, 6) is 0.0207. The molecule has 0 spiro atoms. The number of carbonyl (C=O) groups excluding carboxylic acids is 1. The van der Waals surface area contributed by atoms with Crippen LogP contribution in [0.15, 0.2) is 67.0 Å². The monoisotopic (exact) mass is 348 g/mol. The standard InChI is InChI=1S/C21H24N4O/c1-23(2)20-11-7-17(8-12-20)15-24(3)21(26)19-9-5-18(6-10-19)16-25-14-4-13-22-25/h4-14H,15-16H2,1-3H3. The van der Waals surface area contributed by atoms with Crippen LogP contribution in [0, 0.1) is 0 Å². The lowest BCUT2D eigenvalue weighted by molar-refractivity contribution is 0.0785. The van der Waals surface area contributed by atoms with Gasteiger partial charge >= 0.3 is 0 Å². The highest BCUT2D eigenvalue weighted by molar-refractivity contribution is 5.94. The van der Waals surface area contributed by atoms with E-state index in [-0.39, 0.29) is 5.91 Å². The van der Waals surface area contributed by atoms with Crippen molar-refractivity contribution in [2.75, 3.05) is 26.0 Å². The van der Waals surface area contributed by atoms with Crippen molar-refractivity contribution in [3.63, 3.8) is 0 Å². The molecule has 5 nitrogen and oxygen atoms in total. The minimum atomic E-state index is 0.0207. The van der Waals surface area contributed by atoms with Gasteiger partial charge in [0, 0.05) is 51.3 Å². The van der Waals surface area contributed by atoms with E-state index in [1.807, 2.05) is 62.4 Å². The first-order chi connectivity index (χ1) is 12.5. The van der Waals surface area contributed by atoms with Gasteiger partial charge in [-0.3, -0.25) is 9.48 Å². The number of benzene rings is 2. The molecule has 0 saturated carbocycles. The average Bonchev–Trinajstić information content (AvgIpc) is 3.15. The first-order valence-electron chi connectivity index (χ1n) is 8.61. The first-order valence-corrected chi connectivity index (χ1v) is 8.61. The molecule has 0 aliphatic heterocycles. The maximum atomic E-state index is 12.7. The first kappa shape index (κ1) is 17.7. The summed E-state index contributed by atoms with van der Waals surface area (Å²) in [6.07, 6.45) is 3.69. The number of anilines is 1. The summed E-state index contributed by atoms with van der Waals surface area (Å²) in [6.45, 7) is 1.29. The summed E-state index contributed by atoms with van der Waals surface area (Å²) in [5, 5.41) is 4.20. The average molecular weight is 348 g/mol. The Labute approximate surface area is 154 Å². The molecule has 1 amide bonds. The van der Waals surface area contributed by atoms with E-state index in [1.54, 1.807) is 11.1 Å². The van der Waals surface area contributed by atoms with Gasteiger partial charge < -0.3 is 9.80 Å². The van der Waals surface area contributed by atoms with Crippen molar-refractivity contribution in [1.29, 1.82) is 0 Å². The van der Waals surface area contributed by atoms with Gasteiger partial charge in [-0.15, -0.1) is 0 Å². The van der Waals surface area contributed by atoms with Gasteiger partial charge in [0.05, 0.1) is 6.54 Å². The third-order valence-corrected chi connectivity index (χ3v) is 4.32. The Hall–Kier alpha value is -3.08. The molecule has 0 aliphatic carbocycles. The van der Waals surface area contributed by atoms with Crippen molar-refractivity contribution in [2.24, 2.45) is 0 Å². The van der Waals surface area contributed by atoms with Gasteiger partial charge in [0.15, 0.2) is 0 Å². The van der Waals surface area contributed by atoms with E-state index < -0.39 is 0 Å². The van der Waals surface area contributed by atoms with Gasteiger partial charge in [0.2, 0.25) is 0 Å². The Kier molecular flexibility index (Phi) is 5.37. The molecule has 0 radical (unpaired) electrons. The van der Waals surface area contributed by atoms with Crippen LogP contribution in [0.25, 0.3) is 0 Å². The molecule has 0 saturated heterocycles. The van der Waals surface area contributed by atoms with Crippen LogP contribution in [0.1, 0.15) is 21.5 Å². The van der Waals surface area contributed by atoms with Gasteiger partial charge in [0.25, 0.3) is 5.91 Å². The second-order valence-electron chi connectivity index (χ2n) is 6.62. The van der Waals surface area contributed by atoms with E-state index in [0.29, 0.717) is 18.7 Å². The number of carbonyl (C=O) groups is 1. The highest BCUT2D eigenvalue weighted by Gasteiger charge is 2.12. The molecule has 0 unspecified atom stereocenters. The maximum Gasteiger partial charge on any atom is 0.253 e. The van der Waals surface area contributed by atoms with E-state index in [0.717, 1.165) is 16.8 Å². The van der Waals surface area contributed by atoms with Crippen molar-refractivity contribution in [1.82, 2.24) is 14.7 Å². The number of nitrogens with zero attached hydrogens (tertiary/aromatic N) is 4. The third kappa shape index (κ3) is 4.30. The Morgan fingerprint density at radius 3 is 2.19 bits per heavy atom. The highest BCUT2D eigenvalue weighted by Crippen LogP contribution is 2.15. The van der Waals surface area contributed by atoms with E-state index in [9.17, 15) is 4.79 Å². The maximum absolute atomic E-state index is 12.7. The lowest BCUT2D eigenvalue weighted by Crippen LogP contribution is -2.26. The summed E-state index contributed by atoms with van der Waals surface area (Å²) in [6, 6.07) is 17.9. The fraction of sp³-hybridized carbons (Fsp3) is 0.238. The Bertz CT molecular complexity index is 837. The molecule has 0 bridgehead atoms. The molecule has 2 aromatic carbocycles. The SMILES string of the molecule is CN(Cc1ccc(N(C)C)cc1)C(=O)c1ccc(Cn2cccn2)cc1. The van der Waals surface area contributed by atoms with Crippen LogP contribution in [-0.2, 0) is 13.1 Å². The van der Waals surface area contributed by atoms with Gasteiger partial charge in [0.1, 0.15) is 0 Å². The fourth-order valence-electron chi connectivity index (χ4n) is 2.80. The summed E-state index contributed by atoms with van der Waals surface area (Å²) >= 11 is 0. The number of amides is 1. The Balaban J connectivity index is 1.62. The van der Waals surface area contributed by atoms with Gasteiger partial charge in [-0.1, -0.05) is 24.3 Å². The van der Waals surface area contributed by atoms with Crippen LogP contribution in [0.2, 0.25) is 0 Å². The zero-order valence-corrected chi connectivity index (χ0v) is 15.5. The largest absolute Gasteiger partial charge is 0.378 e. The predicted octanol–water partition coefficient (Wildman–Crippen LogP) is 3.27. The zero-order chi connectivity index (χ0) is 18.5. The van der Waals surface area contributed by atoms with Gasteiger partial charge in [-0.25, -0.2) is 0 Å². The topological polar surface area (TPSA) is 41.4 Å². The molecular formula is C21H24N4O. The molecule has 0 fully saturated rings. The number of hydrogen-bond acceptors (Lipinski definition) is 3. The molecule has 0 N–H and O–H groups in total. The van der Waals surface area contributed by atoms with Crippen molar-refractivity contribution in [2.45, 2.75) is 13.1 Å². The Morgan fingerprint density at radius 2 is 1.62 bits per heavy atom. The van der Waals surface area contributed by atoms with Crippen molar-refractivity contribution >= 4 is 11.6 Å². The quantitative estimate of drug-likeness (QED) is 0.686. The summed E-state index contributed by atoms with van der Waals surface area (Å²) < 4.78 is 1.86. The van der Waals surface area contributed by atoms with Crippen LogP contribution in [0.3, 0.4) is 0 Å². The van der Waals surface area contributed by atoms with Crippen LogP contribution < -0.4 is 4.90 Å². The molecule has 5 heteroatoms. The molecule has 1 heterocycles. The molecule has 26 heavy (non-hydrogen) atoms. The second kappa shape index (κ2) is 7.87. The van der Waals surface area contributed by atoms with Crippen LogP contribution in [0.4, 0.5) is 5.69 Å². The van der Waals surface area contributed by atoms with E-state index in [1.165, 1.54) is 0 Å². The summed E-state index contributed by atoms with van der Waals surface area (Å²) in [5.41, 5.74) is 4.08. The summed E-state index contributed by atoms with van der Waals surface area (Å²) in [7, 11) is 5.86. The smallest absolute Gasteiger partial charge is 0.253 e. The van der Waals surface area contributed by atoms with E-state index >= 15 is 0 Å². The predicted molar refractivity (Wildman–Crippen MR) is 104 cm³/mol. The van der Waals surface area contributed by atoms with Gasteiger partial charge in [-0.05, 0) is 41.5 Å². The normalized spacial score (nSPS) is 10.6. The van der Waals surface area contributed by atoms with Crippen LogP contribution in [-0.4, -0.2) is 41.7 Å². The molecular weight excluding hydrogens is 324 g/mol. The third-order valence-electron chi connectivity index (χ3n) is 4.32. The minimum Gasteiger partial charge on any atom is -0.378 e. The number of rotatable bonds is 6. The van der Waals surface area contributed by atoms with Crippen molar-refractivity contribution in [3.8, 4) is 0 Å². The lowest BCUT2D eigenvalue weighted by Gasteiger charge is -2.19. The van der Waals surface area contributed by atoms with E-state index in [2.05, 4.69) is 34.3 Å². The van der Waals surface area contributed by atoms with Crippen molar-refractivity contribution < 1.29 is 4.79 Å². The fourth-order valence-corrected chi connectivity index (χ4v) is 2.80. The van der Waals surface area contributed by atoms with Gasteiger partial charge in [-0.2, -0.15) is 5.10 Å². The molecule has 1 aromatic heterocycles. The minimum absolute atomic E-state index is 0.0207. The van der Waals surface area contributed by atoms with E-state index in [4.69, 9.17) is 0 Å². The lowest BCUT2D eigenvalue weighted by atomic mass is 10.1. The molecule has 3 aromatic rings.